The lowest BCUT2D eigenvalue weighted by Gasteiger charge is -2.01. The van der Waals surface area contributed by atoms with Gasteiger partial charge in [0, 0.05) is 0 Å². The zero-order valence-electron chi connectivity index (χ0n) is 6.72. The van der Waals surface area contributed by atoms with E-state index in [1.54, 1.807) is 5.57 Å². The third kappa shape index (κ3) is 1.60. The molecule has 0 atom stereocenters. The van der Waals surface area contributed by atoms with E-state index in [0.717, 1.165) is 6.42 Å². The van der Waals surface area contributed by atoms with E-state index >= 15 is 0 Å². The third-order valence-electron chi connectivity index (χ3n) is 1.94. The fraction of sp³-hybridized carbons (Fsp3) is 0.400. The first-order valence-corrected chi connectivity index (χ1v) is 3.86. The highest BCUT2D eigenvalue weighted by Gasteiger charge is 1.96. The topological polar surface area (TPSA) is 0 Å². The van der Waals surface area contributed by atoms with E-state index in [1.165, 1.54) is 12.0 Å². The number of rotatable bonds is 1. The summed E-state index contributed by atoms with van der Waals surface area (Å²) < 4.78 is 0. The molecule has 0 saturated carbocycles. The first kappa shape index (κ1) is 7.33. The van der Waals surface area contributed by atoms with Gasteiger partial charge in [-0.05, 0) is 19.8 Å². The molecular weight excluding hydrogens is 120 g/mol. The lowest BCUT2D eigenvalue weighted by Crippen LogP contribution is -1.81. The summed E-state index contributed by atoms with van der Waals surface area (Å²) in [7, 11) is 0. The molecule has 0 fully saturated rings. The maximum Gasteiger partial charge on any atom is -0.0130 e. The first-order valence-electron chi connectivity index (χ1n) is 3.86. The molecule has 0 N–H and O–H groups in total. The highest BCUT2D eigenvalue weighted by Crippen LogP contribution is 2.16. The molecular formula is C10H14. The monoisotopic (exact) mass is 134 g/mol. The van der Waals surface area contributed by atoms with Crippen LogP contribution in [-0.2, 0) is 0 Å². The minimum Gasteiger partial charge on any atom is -0.0805 e. The van der Waals surface area contributed by atoms with Gasteiger partial charge < -0.3 is 0 Å². The van der Waals surface area contributed by atoms with Crippen LogP contribution in [-0.4, -0.2) is 0 Å². The van der Waals surface area contributed by atoms with Crippen molar-refractivity contribution in [2.45, 2.75) is 26.7 Å². The highest BCUT2D eigenvalue weighted by molar-refractivity contribution is 5.30. The van der Waals surface area contributed by atoms with E-state index < -0.39 is 0 Å². The van der Waals surface area contributed by atoms with Crippen LogP contribution in [0.1, 0.15) is 26.7 Å². The Kier molecular flexibility index (Phi) is 2.49. The zero-order valence-corrected chi connectivity index (χ0v) is 6.72. The van der Waals surface area contributed by atoms with Crippen LogP contribution in [0.25, 0.3) is 0 Å². The Labute approximate surface area is 62.9 Å². The summed E-state index contributed by atoms with van der Waals surface area (Å²) >= 11 is 0. The fourth-order valence-corrected chi connectivity index (χ4v) is 1.19. The van der Waals surface area contributed by atoms with Gasteiger partial charge in [-0.3, -0.25) is 0 Å². The summed E-state index contributed by atoms with van der Waals surface area (Å²) in [5.74, 6) is 0. The second-order valence-corrected chi connectivity index (χ2v) is 2.63. The largest absolute Gasteiger partial charge is 0.0805 e. The van der Waals surface area contributed by atoms with Crippen LogP contribution in [0.15, 0.2) is 35.5 Å². The lowest BCUT2D eigenvalue weighted by molar-refractivity contribution is 1.01. The van der Waals surface area contributed by atoms with E-state index in [0.29, 0.717) is 0 Å². The normalized spacial score (nSPS) is 17.8. The maximum absolute atomic E-state index is 2.21. The van der Waals surface area contributed by atoms with Gasteiger partial charge in [0.2, 0.25) is 0 Å². The Morgan fingerprint density at radius 2 is 2.20 bits per heavy atom. The van der Waals surface area contributed by atoms with Gasteiger partial charge >= 0.3 is 0 Å². The number of allylic oxidation sites excluding steroid dienone is 6. The molecule has 0 nitrogen and oxygen atoms in total. The van der Waals surface area contributed by atoms with Crippen LogP contribution in [0.4, 0.5) is 0 Å². The molecule has 1 rings (SSSR count). The summed E-state index contributed by atoms with van der Waals surface area (Å²) in [6, 6.07) is 0. The highest BCUT2D eigenvalue weighted by atomic mass is 14.0. The standard InChI is InChI=1S/C10H14/c1-3-10-8-6-4-5-7-9(10)2/h4-7H,3,8H2,1-2H3. The van der Waals surface area contributed by atoms with Crippen molar-refractivity contribution >= 4 is 0 Å². The SMILES string of the molecule is CCC1=C(C)C=CC=CC1. The van der Waals surface area contributed by atoms with E-state index in [9.17, 15) is 0 Å². The molecule has 0 unspecified atom stereocenters. The molecule has 0 radical (unpaired) electrons. The molecule has 10 heavy (non-hydrogen) atoms. The van der Waals surface area contributed by atoms with Crippen molar-refractivity contribution in [3.63, 3.8) is 0 Å². The van der Waals surface area contributed by atoms with E-state index in [4.69, 9.17) is 0 Å². The Hall–Kier alpha value is -0.780. The van der Waals surface area contributed by atoms with E-state index in [1.807, 2.05) is 0 Å². The van der Waals surface area contributed by atoms with E-state index in [-0.39, 0.29) is 0 Å². The first-order chi connectivity index (χ1) is 4.84. The summed E-state index contributed by atoms with van der Waals surface area (Å²) in [4.78, 5) is 0. The molecule has 1 aliphatic rings. The number of hydrogen-bond donors (Lipinski definition) is 0. The minimum atomic E-state index is 1.13. The van der Waals surface area contributed by atoms with Gasteiger partial charge in [-0.15, -0.1) is 0 Å². The Morgan fingerprint density at radius 3 is 2.90 bits per heavy atom. The van der Waals surface area contributed by atoms with Crippen LogP contribution >= 0.6 is 0 Å². The molecule has 0 saturated heterocycles. The van der Waals surface area contributed by atoms with Crippen LogP contribution in [0.2, 0.25) is 0 Å². The molecule has 0 amide bonds. The van der Waals surface area contributed by atoms with Gasteiger partial charge in [0.15, 0.2) is 0 Å². The molecule has 0 aromatic rings. The van der Waals surface area contributed by atoms with Crippen molar-refractivity contribution in [3.8, 4) is 0 Å². The summed E-state index contributed by atoms with van der Waals surface area (Å²) in [5, 5.41) is 0. The van der Waals surface area contributed by atoms with Crippen LogP contribution in [0.5, 0.6) is 0 Å². The van der Waals surface area contributed by atoms with Gasteiger partial charge in [-0.1, -0.05) is 42.4 Å². The van der Waals surface area contributed by atoms with Crippen molar-refractivity contribution in [3.05, 3.63) is 35.5 Å². The fourth-order valence-electron chi connectivity index (χ4n) is 1.19. The Bertz CT molecular complexity index is 192. The van der Waals surface area contributed by atoms with Crippen LogP contribution in [0, 0.1) is 0 Å². The van der Waals surface area contributed by atoms with Gasteiger partial charge in [-0.25, -0.2) is 0 Å². The Morgan fingerprint density at radius 1 is 1.40 bits per heavy atom. The smallest absolute Gasteiger partial charge is 0.0130 e. The molecule has 0 bridgehead atoms. The van der Waals surface area contributed by atoms with Gasteiger partial charge in [0.1, 0.15) is 0 Å². The summed E-state index contributed by atoms with van der Waals surface area (Å²) in [6.45, 7) is 4.40. The molecule has 0 aromatic heterocycles. The minimum absolute atomic E-state index is 1.13. The molecule has 0 aromatic carbocycles. The molecule has 1 aliphatic carbocycles. The second kappa shape index (κ2) is 3.40. The zero-order chi connectivity index (χ0) is 7.40. The molecule has 0 spiro atoms. The number of hydrogen-bond acceptors (Lipinski definition) is 0. The van der Waals surface area contributed by atoms with Crippen molar-refractivity contribution in [1.82, 2.24) is 0 Å². The molecule has 0 heteroatoms. The third-order valence-corrected chi connectivity index (χ3v) is 1.94. The lowest BCUT2D eigenvalue weighted by atomic mass is 10.1. The van der Waals surface area contributed by atoms with Crippen molar-refractivity contribution < 1.29 is 0 Å². The Balaban J connectivity index is 2.82. The molecule has 0 aliphatic heterocycles. The van der Waals surface area contributed by atoms with E-state index in [2.05, 4.69) is 38.2 Å². The van der Waals surface area contributed by atoms with Crippen LogP contribution in [0.3, 0.4) is 0 Å². The molecule has 0 heterocycles. The second-order valence-electron chi connectivity index (χ2n) is 2.63. The predicted octanol–water partition coefficient (Wildman–Crippen LogP) is 3.23. The van der Waals surface area contributed by atoms with Gasteiger partial charge in [0.25, 0.3) is 0 Å². The average molecular weight is 134 g/mol. The average Bonchev–Trinajstić information content (AvgIpc) is 2.13. The van der Waals surface area contributed by atoms with Crippen molar-refractivity contribution in [1.29, 1.82) is 0 Å². The quantitative estimate of drug-likeness (QED) is 0.516. The summed E-state index contributed by atoms with van der Waals surface area (Å²) in [6.07, 6.45) is 10.9. The van der Waals surface area contributed by atoms with Crippen LogP contribution < -0.4 is 0 Å². The van der Waals surface area contributed by atoms with Crippen molar-refractivity contribution in [2.75, 3.05) is 0 Å². The summed E-state index contributed by atoms with van der Waals surface area (Å²) in [5.41, 5.74) is 3.00. The van der Waals surface area contributed by atoms with Crippen molar-refractivity contribution in [2.24, 2.45) is 0 Å². The van der Waals surface area contributed by atoms with Gasteiger partial charge in [0.05, 0.1) is 0 Å². The van der Waals surface area contributed by atoms with Gasteiger partial charge in [-0.2, -0.15) is 0 Å². The maximum atomic E-state index is 2.21. The molecule has 54 valence electrons. The predicted molar refractivity (Wildman–Crippen MR) is 45.9 cm³/mol.